The molecule has 5 heteroatoms. The van der Waals surface area contributed by atoms with Gasteiger partial charge in [0.25, 0.3) is 0 Å². The largest absolute Gasteiger partial charge is 0.465 e. The van der Waals surface area contributed by atoms with E-state index in [4.69, 9.17) is 10.5 Å². The summed E-state index contributed by atoms with van der Waals surface area (Å²) in [5.41, 5.74) is 6.87. The lowest BCUT2D eigenvalue weighted by atomic mass is 9.76. The van der Waals surface area contributed by atoms with Crippen LogP contribution in [0, 0.1) is 6.92 Å². The zero-order chi connectivity index (χ0) is 15.3. The van der Waals surface area contributed by atoms with Crippen LogP contribution < -0.4 is 5.73 Å². The number of hydrogen-bond acceptors (Lipinski definition) is 5. The molecule has 2 aromatic rings. The van der Waals surface area contributed by atoms with Gasteiger partial charge in [-0.1, -0.05) is 30.3 Å². The Kier molecular flexibility index (Phi) is 5.09. The van der Waals surface area contributed by atoms with Crippen LogP contribution in [0.4, 0.5) is 0 Å². The highest BCUT2D eigenvalue weighted by molar-refractivity contribution is 7.09. The summed E-state index contributed by atoms with van der Waals surface area (Å²) in [7, 11) is 0. The minimum atomic E-state index is -0.877. The van der Waals surface area contributed by atoms with Crippen LogP contribution in [0.25, 0.3) is 0 Å². The monoisotopic (exact) mass is 304 g/mol. The van der Waals surface area contributed by atoms with Gasteiger partial charge in [-0.3, -0.25) is 4.79 Å². The number of hydrogen-bond donors (Lipinski definition) is 1. The van der Waals surface area contributed by atoms with Crippen LogP contribution in [0.1, 0.15) is 23.2 Å². The number of nitrogens with zero attached hydrogens (tertiary/aromatic N) is 1. The highest BCUT2D eigenvalue weighted by atomic mass is 32.1. The van der Waals surface area contributed by atoms with E-state index in [1.165, 1.54) is 0 Å². The molecule has 0 bridgehead atoms. The second kappa shape index (κ2) is 6.83. The number of nitrogens with two attached hydrogens (primary N) is 1. The highest BCUT2D eigenvalue weighted by Gasteiger charge is 2.41. The minimum absolute atomic E-state index is 0.187. The van der Waals surface area contributed by atoms with Crippen LogP contribution in [0.15, 0.2) is 35.7 Å². The Labute approximate surface area is 129 Å². The fourth-order valence-corrected chi connectivity index (χ4v) is 3.00. The van der Waals surface area contributed by atoms with Crippen LogP contribution in [0.5, 0.6) is 0 Å². The summed E-state index contributed by atoms with van der Waals surface area (Å²) >= 11 is 1.57. The van der Waals surface area contributed by atoms with Crippen LogP contribution in [-0.4, -0.2) is 24.1 Å². The molecule has 2 rings (SSSR count). The third-order valence-corrected chi connectivity index (χ3v) is 4.31. The quantitative estimate of drug-likeness (QED) is 0.833. The number of benzene rings is 1. The SMILES string of the molecule is CCOC(=O)C(CN)(Cc1csc(C)n1)c1ccccc1. The second-order valence-electron chi connectivity index (χ2n) is 4.91. The van der Waals surface area contributed by atoms with Crippen molar-refractivity contribution in [2.45, 2.75) is 25.7 Å². The third-order valence-electron chi connectivity index (χ3n) is 3.49. The maximum absolute atomic E-state index is 12.6. The second-order valence-corrected chi connectivity index (χ2v) is 5.97. The maximum atomic E-state index is 12.6. The molecule has 1 aromatic heterocycles. The van der Waals surface area contributed by atoms with E-state index in [1.807, 2.05) is 42.6 Å². The summed E-state index contributed by atoms with van der Waals surface area (Å²) in [5, 5.41) is 2.95. The molecule has 4 nitrogen and oxygen atoms in total. The van der Waals surface area contributed by atoms with Crippen molar-refractivity contribution in [1.29, 1.82) is 0 Å². The fraction of sp³-hybridized carbons (Fsp3) is 0.375. The Morgan fingerprint density at radius 2 is 2.10 bits per heavy atom. The number of ether oxygens (including phenoxy) is 1. The first-order chi connectivity index (χ1) is 10.1. The third kappa shape index (κ3) is 3.31. The summed E-state index contributed by atoms with van der Waals surface area (Å²) in [6, 6.07) is 9.57. The Hall–Kier alpha value is -1.72. The predicted molar refractivity (Wildman–Crippen MR) is 84.4 cm³/mol. The van der Waals surface area contributed by atoms with Crippen molar-refractivity contribution in [2.75, 3.05) is 13.2 Å². The molecular weight excluding hydrogens is 284 g/mol. The van der Waals surface area contributed by atoms with Gasteiger partial charge in [-0.25, -0.2) is 4.98 Å². The standard InChI is InChI=1S/C16H20N2O2S/c1-3-20-15(19)16(11-17,13-7-5-4-6-8-13)9-14-10-21-12(2)18-14/h4-8,10H,3,9,11,17H2,1-2H3. The van der Waals surface area contributed by atoms with Gasteiger partial charge in [-0.15, -0.1) is 11.3 Å². The molecule has 0 radical (unpaired) electrons. The van der Waals surface area contributed by atoms with Gasteiger partial charge in [0.05, 0.1) is 17.3 Å². The number of aromatic nitrogens is 1. The lowest BCUT2D eigenvalue weighted by Crippen LogP contribution is -2.46. The molecule has 0 amide bonds. The topological polar surface area (TPSA) is 65.2 Å². The molecule has 0 aliphatic carbocycles. The van der Waals surface area contributed by atoms with Gasteiger partial charge in [-0.05, 0) is 19.4 Å². The normalized spacial score (nSPS) is 13.7. The fourth-order valence-electron chi connectivity index (χ4n) is 2.39. The van der Waals surface area contributed by atoms with Crippen molar-refractivity contribution in [2.24, 2.45) is 5.73 Å². The molecule has 0 aliphatic rings. The van der Waals surface area contributed by atoms with Crippen molar-refractivity contribution in [1.82, 2.24) is 4.98 Å². The van der Waals surface area contributed by atoms with Crippen molar-refractivity contribution in [3.05, 3.63) is 52.0 Å². The Morgan fingerprint density at radius 1 is 1.38 bits per heavy atom. The first kappa shape index (κ1) is 15.7. The van der Waals surface area contributed by atoms with Gasteiger partial charge in [0, 0.05) is 18.3 Å². The molecule has 1 unspecified atom stereocenters. The predicted octanol–water partition coefficient (Wildman–Crippen LogP) is 2.45. The minimum Gasteiger partial charge on any atom is -0.465 e. The summed E-state index contributed by atoms with van der Waals surface area (Å²) in [5.74, 6) is -0.288. The Balaban J connectivity index is 2.43. The van der Waals surface area contributed by atoms with Crippen molar-refractivity contribution in [3.63, 3.8) is 0 Å². The molecule has 0 spiro atoms. The van der Waals surface area contributed by atoms with E-state index >= 15 is 0 Å². The summed E-state index contributed by atoms with van der Waals surface area (Å²) in [6.45, 7) is 4.28. The molecule has 0 saturated heterocycles. The molecule has 2 N–H and O–H groups in total. The van der Waals surface area contributed by atoms with Gasteiger partial charge in [-0.2, -0.15) is 0 Å². The Morgan fingerprint density at radius 3 is 2.62 bits per heavy atom. The number of rotatable bonds is 6. The van der Waals surface area contributed by atoms with Gasteiger partial charge in [0.2, 0.25) is 0 Å². The first-order valence-electron chi connectivity index (χ1n) is 6.96. The van der Waals surface area contributed by atoms with E-state index in [2.05, 4.69) is 4.98 Å². The first-order valence-corrected chi connectivity index (χ1v) is 7.84. The van der Waals surface area contributed by atoms with E-state index in [1.54, 1.807) is 18.3 Å². The van der Waals surface area contributed by atoms with Gasteiger partial charge >= 0.3 is 5.97 Å². The summed E-state index contributed by atoms with van der Waals surface area (Å²) in [6.07, 6.45) is 0.455. The maximum Gasteiger partial charge on any atom is 0.318 e. The van der Waals surface area contributed by atoms with E-state index in [0.717, 1.165) is 16.3 Å². The summed E-state index contributed by atoms with van der Waals surface area (Å²) < 4.78 is 5.29. The van der Waals surface area contributed by atoms with E-state index in [9.17, 15) is 4.79 Å². The van der Waals surface area contributed by atoms with Crippen LogP contribution >= 0.6 is 11.3 Å². The molecule has 0 aliphatic heterocycles. The molecule has 0 saturated carbocycles. The molecule has 0 fully saturated rings. The number of carbonyl (C=O) groups excluding carboxylic acids is 1. The van der Waals surface area contributed by atoms with Crippen molar-refractivity contribution in [3.8, 4) is 0 Å². The molecule has 1 heterocycles. The smallest absolute Gasteiger partial charge is 0.318 e. The molecule has 21 heavy (non-hydrogen) atoms. The van der Waals surface area contributed by atoms with Crippen LogP contribution in [0.3, 0.4) is 0 Å². The number of aryl methyl sites for hydroxylation is 1. The van der Waals surface area contributed by atoms with Gasteiger partial charge in [0.1, 0.15) is 5.41 Å². The zero-order valence-electron chi connectivity index (χ0n) is 12.3. The number of carbonyl (C=O) groups is 1. The van der Waals surface area contributed by atoms with E-state index < -0.39 is 5.41 Å². The van der Waals surface area contributed by atoms with E-state index in [-0.39, 0.29) is 12.5 Å². The van der Waals surface area contributed by atoms with Gasteiger partial charge in [0.15, 0.2) is 0 Å². The lowest BCUT2D eigenvalue weighted by molar-refractivity contribution is -0.149. The summed E-state index contributed by atoms with van der Waals surface area (Å²) in [4.78, 5) is 17.0. The number of esters is 1. The molecule has 112 valence electrons. The lowest BCUT2D eigenvalue weighted by Gasteiger charge is -2.30. The number of thiazole rings is 1. The molecular formula is C16H20N2O2S. The average molecular weight is 304 g/mol. The molecule has 1 aromatic carbocycles. The average Bonchev–Trinajstić information content (AvgIpc) is 2.91. The van der Waals surface area contributed by atoms with Crippen molar-refractivity contribution < 1.29 is 9.53 Å². The van der Waals surface area contributed by atoms with E-state index in [0.29, 0.717) is 13.0 Å². The zero-order valence-corrected chi connectivity index (χ0v) is 13.2. The van der Waals surface area contributed by atoms with Crippen LogP contribution in [0.2, 0.25) is 0 Å². The van der Waals surface area contributed by atoms with Crippen molar-refractivity contribution >= 4 is 17.3 Å². The highest BCUT2D eigenvalue weighted by Crippen LogP contribution is 2.30. The van der Waals surface area contributed by atoms with Crippen LogP contribution in [-0.2, 0) is 21.4 Å². The Bertz CT molecular complexity index is 597. The molecule has 1 atom stereocenters. The van der Waals surface area contributed by atoms with Gasteiger partial charge < -0.3 is 10.5 Å².